The molecule has 0 saturated carbocycles. The number of aromatic nitrogens is 5. The number of benzene rings is 1. The second-order valence-electron chi connectivity index (χ2n) is 3.40. The zero-order chi connectivity index (χ0) is 11.4. The van der Waals surface area contributed by atoms with Crippen molar-refractivity contribution in [1.29, 1.82) is 0 Å². The first-order chi connectivity index (χ1) is 7.77. The minimum absolute atomic E-state index is 0.914. The number of hydrogen-bond acceptors (Lipinski definition) is 3. The van der Waals surface area contributed by atoms with Crippen molar-refractivity contribution >= 4 is 11.0 Å². The average molecular weight is 215 g/mol. The summed E-state index contributed by atoms with van der Waals surface area (Å²) in [6.45, 7) is 1.97. The maximum atomic E-state index is 3.98. The Balaban J connectivity index is 0.000000125. The van der Waals surface area contributed by atoms with Crippen molar-refractivity contribution in [2.45, 2.75) is 6.92 Å². The molecule has 0 fully saturated rings. The number of nitrogens with zero attached hydrogens (tertiary/aromatic N) is 4. The van der Waals surface area contributed by atoms with Crippen LogP contribution in [0, 0.1) is 6.92 Å². The third-order valence-corrected chi connectivity index (χ3v) is 2.28. The van der Waals surface area contributed by atoms with Gasteiger partial charge in [-0.3, -0.25) is 0 Å². The second kappa shape index (κ2) is 4.57. The van der Waals surface area contributed by atoms with Crippen molar-refractivity contribution in [2.75, 3.05) is 0 Å². The van der Waals surface area contributed by atoms with Crippen LogP contribution in [0.3, 0.4) is 0 Å². The molecule has 1 N–H and O–H groups in total. The maximum Gasteiger partial charge on any atom is 0.112 e. The largest absolute Gasteiger partial charge is 0.338 e. The number of nitrogens with one attached hydrogen (secondary N) is 1. The summed E-state index contributed by atoms with van der Waals surface area (Å²) < 4.78 is 1.97. The Hall–Kier alpha value is -2.17. The van der Waals surface area contributed by atoms with Crippen molar-refractivity contribution < 1.29 is 0 Å². The van der Waals surface area contributed by atoms with E-state index in [2.05, 4.69) is 20.4 Å². The van der Waals surface area contributed by atoms with Gasteiger partial charge in [0.25, 0.3) is 0 Å². The van der Waals surface area contributed by atoms with E-state index in [0.29, 0.717) is 0 Å². The zero-order valence-corrected chi connectivity index (χ0v) is 9.25. The molecule has 3 aromatic rings. The van der Waals surface area contributed by atoms with Crippen molar-refractivity contribution in [2.24, 2.45) is 7.05 Å². The van der Waals surface area contributed by atoms with Crippen LogP contribution in [0.25, 0.3) is 11.0 Å². The summed E-state index contributed by atoms with van der Waals surface area (Å²) in [5.41, 5.74) is 1.83. The van der Waals surface area contributed by atoms with Crippen LogP contribution < -0.4 is 0 Å². The minimum Gasteiger partial charge on any atom is -0.338 e. The highest BCUT2D eigenvalue weighted by molar-refractivity contribution is 5.72. The number of H-pyrrole nitrogens is 1. The van der Waals surface area contributed by atoms with Crippen LogP contribution in [0.5, 0.6) is 0 Å². The Labute approximate surface area is 93.1 Å². The quantitative estimate of drug-likeness (QED) is 0.620. The monoisotopic (exact) mass is 215 g/mol. The molecular weight excluding hydrogens is 202 g/mol. The van der Waals surface area contributed by atoms with E-state index in [0.717, 1.165) is 16.9 Å². The van der Waals surface area contributed by atoms with Crippen LogP contribution in [-0.4, -0.2) is 25.0 Å². The van der Waals surface area contributed by atoms with Crippen LogP contribution in [0.4, 0.5) is 0 Å². The third-order valence-electron chi connectivity index (χ3n) is 2.28. The summed E-state index contributed by atoms with van der Waals surface area (Å²) in [5.74, 6) is 1.06. The molecule has 1 aromatic carbocycles. The molecule has 0 spiro atoms. The highest BCUT2D eigenvalue weighted by Gasteiger charge is 1.90. The summed E-state index contributed by atoms with van der Waals surface area (Å²) in [6.07, 6.45) is 3.71. The second-order valence-corrected chi connectivity index (χ2v) is 3.40. The van der Waals surface area contributed by atoms with Gasteiger partial charge in [-0.25, -0.2) is 4.98 Å². The lowest BCUT2D eigenvalue weighted by Crippen LogP contribution is -1.86. The van der Waals surface area contributed by atoms with Gasteiger partial charge in [0.05, 0.1) is 0 Å². The number of aromatic amines is 1. The molecule has 3 rings (SSSR count). The Kier molecular flexibility index (Phi) is 2.95. The van der Waals surface area contributed by atoms with Crippen LogP contribution >= 0.6 is 0 Å². The molecule has 5 nitrogen and oxygen atoms in total. The van der Waals surface area contributed by atoms with E-state index in [1.54, 1.807) is 6.20 Å². The van der Waals surface area contributed by atoms with Gasteiger partial charge in [0, 0.05) is 19.4 Å². The van der Waals surface area contributed by atoms with Gasteiger partial charge in [-0.2, -0.15) is 15.4 Å². The highest BCUT2D eigenvalue weighted by atomic mass is 15.3. The van der Waals surface area contributed by atoms with Crippen molar-refractivity contribution in [3.63, 3.8) is 0 Å². The SMILES string of the molecule is Cc1nccn1C.c1ccc2n[nH]nc2c1. The number of imidazole rings is 1. The standard InChI is InChI=1S/C6H5N3.C5H8N2/c1-2-4-6-5(3-1)7-9-8-6;1-5-6-3-4-7(5)2/h1-4H,(H,7,8,9);3-4H,1-2H3. The van der Waals surface area contributed by atoms with E-state index < -0.39 is 0 Å². The van der Waals surface area contributed by atoms with Gasteiger partial charge in [0.1, 0.15) is 16.9 Å². The number of fused-ring (bicyclic) bond motifs is 1. The number of hydrogen-bond donors (Lipinski definition) is 1. The number of rotatable bonds is 0. The molecule has 5 heteroatoms. The van der Waals surface area contributed by atoms with E-state index >= 15 is 0 Å². The van der Waals surface area contributed by atoms with Gasteiger partial charge in [-0.05, 0) is 19.1 Å². The first-order valence-corrected chi connectivity index (χ1v) is 4.97. The summed E-state index contributed by atoms with van der Waals surface area (Å²) >= 11 is 0. The maximum absolute atomic E-state index is 3.98. The Morgan fingerprint density at radius 1 is 1.12 bits per heavy atom. The molecule has 82 valence electrons. The number of para-hydroxylation sites is 2. The van der Waals surface area contributed by atoms with Gasteiger partial charge in [0.15, 0.2) is 0 Å². The van der Waals surface area contributed by atoms with E-state index in [1.165, 1.54) is 0 Å². The molecule has 0 aliphatic carbocycles. The summed E-state index contributed by atoms with van der Waals surface area (Å²) in [7, 11) is 1.97. The fourth-order valence-electron chi connectivity index (χ4n) is 1.23. The Morgan fingerprint density at radius 3 is 2.12 bits per heavy atom. The molecule has 0 amide bonds. The highest BCUT2D eigenvalue weighted by Crippen LogP contribution is 2.03. The Bertz CT molecular complexity index is 520. The summed E-state index contributed by atoms with van der Waals surface area (Å²) in [4.78, 5) is 3.98. The third kappa shape index (κ3) is 2.25. The van der Waals surface area contributed by atoms with E-state index in [4.69, 9.17) is 0 Å². The van der Waals surface area contributed by atoms with Crippen LogP contribution in [0.1, 0.15) is 5.82 Å². The van der Waals surface area contributed by atoms with E-state index in [9.17, 15) is 0 Å². The molecule has 0 saturated heterocycles. The smallest absolute Gasteiger partial charge is 0.112 e. The lowest BCUT2D eigenvalue weighted by atomic mass is 10.3. The molecular formula is C11H13N5. The molecule has 0 bridgehead atoms. The fraction of sp³-hybridized carbons (Fsp3) is 0.182. The van der Waals surface area contributed by atoms with Crippen LogP contribution in [0.15, 0.2) is 36.7 Å². The molecule has 0 radical (unpaired) electrons. The molecule has 0 atom stereocenters. The zero-order valence-electron chi connectivity index (χ0n) is 9.25. The first kappa shape index (κ1) is 10.4. The van der Waals surface area contributed by atoms with Crippen molar-refractivity contribution in [3.05, 3.63) is 42.5 Å². The first-order valence-electron chi connectivity index (χ1n) is 4.97. The molecule has 2 aromatic heterocycles. The molecule has 0 unspecified atom stereocenters. The number of aryl methyl sites for hydroxylation is 2. The van der Waals surface area contributed by atoms with Gasteiger partial charge in [-0.1, -0.05) is 12.1 Å². The normalized spacial score (nSPS) is 9.88. The van der Waals surface area contributed by atoms with Gasteiger partial charge >= 0.3 is 0 Å². The summed E-state index contributed by atoms with van der Waals surface area (Å²) in [6, 6.07) is 7.70. The van der Waals surface area contributed by atoms with Gasteiger partial charge < -0.3 is 4.57 Å². The van der Waals surface area contributed by atoms with E-state index in [1.807, 2.05) is 49.0 Å². The minimum atomic E-state index is 0.914. The summed E-state index contributed by atoms with van der Waals surface area (Å²) in [5, 5.41) is 10.3. The van der Waals surface area contributed by atoms with Crippen molar-refractivity contribution in [3.8, 4) is 0 Å². The molecule has 0 aliphatic heterocycles. The predicted molar refractivity (Wildman–Crippen MR) is 61.8 cm³/mol. The van der Waals surface area contributed by atoms with Gasteiger partial charge in [0.2, 0.25) is 0 Å². The lowest BCUT2D eigenvalue weighted by molar-refractivity contribution is 0.858. The predicted octanol–water partition coefficient (Wildman–Crippen LogP) is 1.69. The van der Waals surface area contributed by atoms with Gasteiger partial charge in [-0.15, -0.1) is 0 Å². The van der Waals surface area contributed by atoms with E-state index in [-0.39, 0.29) is 0 Å². The van der Waals surface area contributed by atoms with Crippen molar-refractivity contribution in [1.82, 2.24) is 25.0 Å². The fourth-order valence-corrected chi connectivity index (χ4v) is 1.23. The topological polar surface area (TPSA) is 59.4 Å². The Morgan fingerprint density at radius 2 is 1.75 bits per heavy atom. The van der Waals surface area contributed by atoms with Crippen LogP contribution in [0.2, 0.25) is 0 Å². The lowest BCUT2D eigenvalue weighted by Gasteiger charge is -1.87. The molecule has 0 aliphatic rings. The van der Waals surface area contributed by atoms with Crippen LogP contribution in [-0.2, 0) is 7.05 Å². The molecule has 2 heterocycles. The molecule has 16 heavy (non-hydrogen) atoms. The average Bonchev–Trinajstić information content (AvgIpc) is 2.89.